The highest BCUT2D eigenvalue weighted by Crippen LogP contribution is 2.29. The molecule has 0 N–H and O–H groups in total. The van der Waals surface area contributed by atoms with Crippen LogP contribution in [0, 0.1) is 11.8 Å². The molecule has 0 radical (unpaired) electrons. The molecule has 0 bridgehead atoms. The van der Waals surface area contributed by atoms with Gasteiger partial charge in [-0.25, -0.2) is 0 Å². The van der Waals surface area contributed by atoms with Gasteiger partial charge in [0, 0.05) is 0 Å². The van der Waals surface area contributed by atoms with Crippen molar-refractivity contribution < 1.29 is 9.53 Å². The van der Waals surface area contributed by atoms with Crippen molar-refractivity contribution in [1.29, 1.82) is 0 Å². The van der Waals surface area contributed by atoms with Crippen LogP contribution < -0.4 is 0 Å². The summed E-state index contributed by atoms with van der Waals surface area (Å²) < 4.78 is 5.14. The number of esters is 1. The zero-order valence-corrected chi connectivity index (χ0v) is 9.16. The molecule has 0 aromatic heterocycles. The molecule has 2 unspecified atom stereocenters. The Morgan fingerprint density at radius 3 is 2.93 bits per heavy atom. The van der Waals surface area contributed by atoms with Crippen molar-refractivity contribution in [2.75, 3.05) is 6.61 Å². The van der Waals surface area contributed by atoms with Crippen LogP contribution in [-0.4, -0.2) is 12.6 Å². The molecule has 1 aliphatic rings. The molecule has 1 fully saturated rings. The lowest BCUT2D eigenvalue weighted by Crippen LogP contribution is -2.23. The van der Waals surface area contributed by atoms with E-state index in [-0.39, 0.29) is 11.9 Å². The molecule has 1 rings (SSSR count). The van der Waals surface area contributed by atoms with E-state index in [2.05, 4.69) is 6.92 Å². The second-order valence-corrected chi connectivity index (χ2v) is 4.17. The average molecular weight is 196 g/mol. The van der Waals surface area contributed by atoms with Crippen LogP contribution in [0.3, 0.4) is 0 Å². The molecule has 80 valence electrons. The van der Waals surface area contributed by atoms with Gasteiger partial charge in [0.25, 0.3) is 0 Å². The third-order valence-electron chi connectivity index (χ3n) is 2.83. The molecule has 0 amide bonds. The summed E-state index contributed by atoms with van der Waals surface area (Å²) in [5.41, 5.74) is 0. The molecule has 2 heteroatoms. The van der Waals surface area contributed by atoms with Crippen molar-refractivity contribution in [1.82, 2.24) is 0 Å². The number of hydrogen-bond donors (Lipinski definition) is 0. The number of allylic oxidation sites excluding steroid dienone is 1. The van der Waals surface area contributed by atoms with Gasteiger partial charge in [-0.2, -0.15) is 0 Å². The first-order valence-corrected chi connectivity index (χ1v) is 5.51. The average Bonchev–Trinajstić information content (AvgIpc) is 2.18. The molecule has 1 aliphatic carbocycles. The monoisotopic (exact) mass is 196 g/mol. The Balaban J connectivity index is 2.28. The van der Waals surface area contributed by atoms with Gasteiger partial charge in [0.05, 0.1) is 5.92 Å². The SMILES string of the molecule is CC=CCOC(=O)C1CCCC(C)C1. The first-order valence-electron chi connectivity index (χ1n) is 5.51. The van der Waals surface area contributed by atoms with Gasteiger partial charge >= 0.3 is 5.97 Å². The summed E-state index contributed by atoms with van der Waals surface area (Å²) >= 11 is 0. The van der Waals surface area contributed by atoms with Crippen LogP contribution in [0.2, 0.25) is 0 Å². The van der Waals surface area contributed by atoms with Crippen molar-refractivity contribution in [3.05, 3.63) is 12.2 Å². The Hall–Kier alpha value is -0.790. The van der Waals surface area contributed by atoms with Gasteiger partial charge in [-0.3, -0.25) is 4.79 Å². The minimum absolute atomic E-state index is 0.00495. The fraction of sp³-hybridized carbons (Fsp3) is 0.750. The summed E-state index contributed by atoms with van der Waals surface area (Å²) in [6.07, 6.45) is 8.22. The van der Waals surface area contributed by atoms with E-state index in [4.69, 9.17) is 4.74 Å². The zero-order chi connectivity index (χ0) is 10.4. The van der Waals surface area contributed by atoms with E-state index < -0.39 is 0 Å². The van der Waals surface area contributed by atoms with E-state index >= 15 is 0 Å². The Kier molecular flexibility index (Phi) is 4.71. The van der Waals surface area contributed by atoms with E-state index in [1.807, 2.05) is 19.1 Å². The molecule has 14 heavy (non-hydrogen) atoms. The molecule has 0 spiro atoms. The van der Waals surface area contributed by atoms with Gasteiger partial charge in [-0.1, -0.05) is 31.9 Å². The second-order valence-electron chi connectivity index (χ2n) is 4.17. The van der Waals surface area contributed by atoms with Gasteiger partial charge in [0.2, 0.25) is 0 Å². The molecule has 0 aromatic carbocycles. The minimum atomic E-state index is -0.00495. The number of carbonyl (C=O) groups excluding carboxylic acids is 1. The summed E-state index contributed by atoms with van der Waals surface area (Å²) in [7, 11) is 0. The van der Waals surface area contributed by atoms with Gasteiger partial charge in [0.1, 0.15) is 6.61 Å². The molecule has 0 aliphatic heterocycles. The van der Waals surface area contributed by atoms with Crippen LogP contribution in [0.4, 0.5) is 0 Å². The maximum Gasteiger partial charge on any atom is 0.309 e. The number of hydrogen-bond acceptors (Lipinski definition) is 2. The van der Waals surface area contributed by atoms with Crippen molar-refractivity contribution in [3.8, 4) is 0 Å². The fourth-order valence-electron chi connectivity index (χ4n) is 1.99. The lowest BCUT2D eigenvalue weighted by atomic mass is 9.82. The lowest BCUT2D eigenvalue weighted by Gasteiger charge is -2.24. The van der Waals surface area contributed by atoms with Gasteiger partial charge in [-0.15, -0.1) is 0 Å². The zero-order valence-electron chi connectivity index (χ0n) is 9.16. The predicted octanol–water partition coefficient (Wildman–Crippen LogP) is 2.93. The maximum absolute atomic E-state index is 11.6. The summed E-state index contributed by atoms with van der Waals surface area (Å²) in [5, 5.41) is 0. The number of rotatable bonds is 3. The van der Waals surface area contributed by atoms with Gasteiger partial charge < -0.3 is 4.74 Å². The van der Waals surface area contributed by atoms with Crippen molar-refractivity contribution in [2.24, 2.45) is 11.8 Å². The normalized spacial score (nSPS) is 27.9. The Morgan fingerprint density at radius 2 is 2.29 bits per heavy atom. The molecule has 0 saturated heterocycles. The molecular weight excluding hydrogens is 176 g/mol. The summed E-state index contributed by atoms with van der Waals surface area (Å²) in [4.78, 5) is 11.6. The maximum atomic E-state index is 11.6. The van der Waals surface area contributed by atoms with E-state index in [9.17, 15) is 4.79 Å². The summed E-state index contributed by atoms with van der Waals surface area (Å²) in [6, 6.07) is 0. The quantitative estimate of drug-likeness (QED) is 0.512. The van der Waals surface area contributed by atoms with E-state index in [1.54, 1.807) is 0 Å². The highest BCUT2D eigenvalue weighted by molar-refractivity contribution is 5.72. The number of carbonyl (C=O) groups is 1. The molecule has 0 heterocycles. The topological polar surface area (TPSA) is 26.3 Å². The molecule has 2 atom stereocenters. The molecule has 0 aromatic rings. The van der Waals surface area contributed by atoms with Gasteiger partial charge in [-0.05, 0) is 25.7 Å². The predicted molar refractivity (Wildman–Crippen MR) is 56.9 cm³/mol. The summed E-state index contributed by atoms with van der Waals surface area (Å²) in [6.45, 7) is 4.57. The lowest BCUT2D eigenvalue weighted by molar-refractivity contribution is -0.148. The number of ether oxygens (including phenoxy) is 1. The highest BCUT2D eigenvalue weighted by atomic mass is 16.5. The first kappa shape index (κ1) is 11.3. The van der Waals surface area contributed by atoms with E-state index in [1.165, 1.54) is 12.8 Å². The van der Waals surface area contributed by atoms with Crippen LogP contribution in [-0.2, 0) is 9.53 Å². The van der Waals surface area contributed by atoms with Gasteiger partial charge in [0.15, 0.2) is 0 Å². The van der Waals surface area contributed by atoms with Crippen molar-refractivity contribution >= 4 is 5.97 Å². The smallest absolute Gasteiger partial charge is 0.309 e. The minimum Gasteiger partial charge on any atom is -0.461 e. The van der Waals surface area contributed by atoms with E-state index in [0.29, 0.717) is 12.5 Å². The Bertz CT molecular complexity index is 208. The third kappa shape index (κ3) is 3.52. The molecule has 2 nitrogen and oxygen atoms in total. The Labute approximate surface area is 86.3 Å². The fourth-order valence-corrected chi connectivity index (χ4v) is 1.99. The summed E-state index contributed by atoms with van der Waals surface area (Å²) in [5.74, 6) is 0.835. The van der Waals surface area contributed by atoms with Crippen LogP contribution in [0.5, 0.6) is 0 Å². The van der Waals surface area contributed by atoms with Crippen LogP contribution >= 0.6 is 0 Å². The standard InChI is InChI=1S/C12H20O2/c1-3-4-8-14-12(13)11-7-5-6-10(2)9-11/h3-4,10-11H,5-9H2,1-2H3. The first-order chi connectivity index (χ1) is 6.74. The van der Waals surface area contributed by atoms with Crippen molar-refractivity contribution in [3.63, 3.8) is 0 Å². The second kappa shape index (κ2) is 5.84. The van der Waals surface area contributed by atoms with Crippen LogP contribution in [0.15, 0.2) is 12.2 Å². The highest BCUT2D eigenvalue weighted by Gasteiger charge is 2.25. The third-order valence-corrected chi connectivity index (χ3v) is 2.83. The van der Waals surface area contributed by atoms with Crippen LogP contribution in [0.1, 0.15) is 39.5 Å². The molecule has 1 saturated carbocycles. The van der Waals surface area contributed by atoms with Crippen LogP contribution in [0.25, 0.3) is 0 Å². The molecular formula is C12H20O2. The van der Waals surface area contributed by atoms with Crippen molar-refractivity contribution in [2.45, 2.75) is 39.5 Å². The largest absolute Gasteiger partial charge is 0.461 e. The van der Waals surface area contributed by atoms with E-state index in [0.717, 1.165) is 12.8 Å². The Morgan fingerprint density at radius 1 is 1.50 bits per heavy atom.